The number of rotatable bonds is 8. The zero-order valence-corrected chi connectivity index (χ0v) is 16.8. The first-order valence-electron chi connectivity index (χ1n) is 9.67. The lowest BCUT2D eigenvalue weighted by Gasteiger charge is -2.24. The second-order valence-electron chi connectivity index (χ2n) is 7.28. The number of benzene rings is 2. The van der Waals surface area contributed by atoms with Gasteiger partial charge in [-0.15, -0.1) is 0 Å². The molecule has 2 aromatic carbocycles. The molecule has 0 aliphatic carbocycles. The SMILES string of the molecule is Cc1ccc(C)c(C(C)NCC(=O)N(Cc2ccccc2)Cc2ccco2)c1. The predicted octanol–water partition coefficient (Wildman–Crippen LogP) is 4.78. The summed E-state index contributed by atoms with van der Waals surface area (Å²) in [5.41, 5.74) is 4.79. The van der Waals surface area contributed by atoms with Gasteiger partial charge in [0, 0.05) is 12.6 Å². The van der Waals surface area contributed by atoms with Crippen LogP contribution in [0.25, 0.3) is 0 Å². The molecule has 0 saturated carbocycles. The first kappa shape index (κ1) is 19.9. The molecule has 1 heterocycles. The van der Waals surface area contributed by atoms with Gasteiger partial charge in [0.25, 0.3) is 0 Å². The van der Waals surface area contributed by atoms with Gasteiger partial charge in [-0.2, -0.15) is 0 Å². The smallest absolute Gasteiger partial charge is 0.237 e. The van der Waals surface area contributed by atoms with Crippen LogP contribution < -0.4 is 5.32 Å². The maximum absolute atomic E-state index is 13.0. The molecule has 1 atom stereocenters. The van der Waals surface area contributed by atoms with E-state index in [0.717, 1.165) is 11.3 Å². The first-order valence-corrected chi connectivity index (χ1v) is 9.67. The molecule has 0 saturated heterocycles. The Kier molecular flexibility index (Phi) is 6.66. The Hall–Kier alpha value is -2.85. The highest BCUT2D eigenvalue weighted by atomic mass is 16.3. The molecule has 0 spiro atoms. The molecule has 28 heavy (non-hydrogen) atoms. The molecule has 1 aromatic heterocycles. The van der Waals surface area contributed by atoms with E-state index in [-0.39, 0.29) is 18.5 Å². The van der Waals surface area contributed by atoms with Crippen molar-refractivity contribution < 1.29 is 9.21 Å². The summed E-state index contributed by atoms with van der Waals surface area (Å²) >= 11 is 0. The van der Waals surface area contributed by atoms with Crippen LogP contribution in [0.3, 0.4) is 0 Å². The minimum Gasteiger partial charge on any atom is -0.467 e. The minimum atomic E-state index is 0.0532. The summed E-state index contributed by atoms with van der Waals surface area (Å²) in [4.78, 5) is 14.8. The highest BCUT2D eigenvalue weighted by molar-refractivity contribution is 5.78. The molecule has 0 aliphatic heterocycles. The van der Waals surface area contributed by atoms with Crippen LogP contribution in [-0.2, 0) is 17.9 Å². The number of carbonyl (C=O) groups excluding carboxylic acids is 1. The van der Waals surface area contributed by atoms with E-state index in [1.807, 2.05) is 47.4 Å². The molecule has 1 N–H and O–H groups in total. The second-order valence-corrected chi connectivity index (χ2v) is 7.28. The molecule has 0 aliphatic rings. The van der Waals surface area contributed by atoms with Crippen LogP contribution in [0, 0.1) is 13.8 Å². The van der Waals surface area contributed by atoms with Crippen molar-refractivity contribution in [3.05, 3.63) is 94.9 Å². The van der Waals surface area contributed by atoms with Gasteiger partial charge < -0.3 is 14.6 Å². The standard InChI is InChI=1S/C24H28N2O2/c1-18-11-12-19(2)23(14-18)20(3)25-15-24(27)26(17-22-10-7-13-28-22)16-21-8-5-4-6-9-21/h4-14,20,25H,15-17H2,1-3H3. The van der Waals surface area contributed by atoms with Crippen LogP contribution >= 0.6 is 0 Å². The lowest BCUT2D eigenvalue weighted by atomic mass is 10.00. The Morgan fingerprint density at radius 1 is 1.04 bits per heavy atom. The number of amides is 1. The third-order valence-electron chi connectivity index (χ3n) is 4.96. The number of nitrogens with zero attached hydrogens (tertiary/aromatic N) is 1. The van der Waals surface area contributed by atoms with E-state index >= 15 is 0 Å². The molecule has 0 radical (unpaired) electrons. The van der Waals surface area contributed by atoms with Crippen LogP contribution in [0.1, 0.15) is 41.0 Å². The van der Waals surface area contributed by atoms with Gasteiger partial charge in [-0.05, 0) is 49.6 Å². The predicted molar refractivity (Wildman–Crippen MR) is 112 cm³/mol. The number of aryl methyl sites for hydroxylation is 2. The van der Waals surface area contributed by atoms with Crippen molar-refractivity contribution in [1.82, 2.24) is 10.2 Å². The van der Waals surface area contributed by atoms with Gasteiger partial charge in [-0.25, -0.2) is 0 Å². The van der Waals surface area contributed by atoms with Crippen molar-refractivity contribution in [3.8, 4) is 0 Å². The number of carbonyl (C=O) groups is 1. The van der Waals surface area contributed by atoms with Gasteiger partial charge in [-0.3, -0.25) is 4.79 Å². The number of furan rings is 1. The lowest BCUT2D eigenvalue weighted by molar-refractivity contribution is -0.131. The fourth-order valence-corrected chi connectivity index (χ4v) is 3.32. The van der Waals surface area contributed by atoms with E-state index in [4.69, 9.17) is 4.42 Å². The summed E-state index contributed by atoms with van der Waals surface area (Å²) in [5, 5.41) is 3.39. The number of hydrogen-bond acceptors (Lipinski definition) is 3. The molecular weight excluding hydrogens is 348 g/mol. The molecule has 0 fully saturated rings. The van der Waals surface area contributed by atoms with Crippen molar-refractivity contribution in [2.45, 2.75) is 39.9 Å². The summed E-state index contributed by atoms with van der Waals surface area (Å²) < 4.78 is 5.46. The van der Waals surface area contributed by atoms with Gasteiger partial charge in [-0.1, -0.05) is 54.1 Å². The molecule has 146 valence electrons. The van der Waals surface area contributed by atoms with Gasteiger partial charge in [0.1, 0.15) is 5.76 Å². The monoisotopic (exact) mass is 376 g/mol. The van der Waals surface area contributed by atoms with Crippen molar-refractivity contribution in [1.29, 1.82) is 0 Å². The Labute approximate surface area is 167 Å². The summed E-state index contributed by atoms with van der Waals surface area (Å²) in [6.45, 7) is 7.59. The molecule has 1 amide bonds. The van der Waals surface area contributed by atoms with E-state index in [1.165, 1.54) is 16.7 Å². The minimum absolute atomic E-state index is 0.0532. The maximum Gasteiger partial charge on any atom is 0.237 e. The maximum atomic E-state index is 13.0. The molecule has 3 aromatic rings. The molecule has 4 heteroatoms. The molecule has 0 bridgehead atoms. The Bertz CT molecular complexity index is 888. The fraction of sp³-hybridized carbons (Fsp3) is 0.292. The fourth-order valence-electron chi connectivity index (χ4n) is 3.32. The molecule has 4 nitrogen and oxygen atoms in total. The van der Waals surface area contributed by atoms with Crippen molar-refractivity contribution in [2.75, 3.05) is 6.54 Å². The van der Waals surface area contributed by atoms with E-state index < -0.39 is 0 Å². The summed E-state index contributed by atoms with van der Waals surface area (Å²) in [6, 6.07) is 20.3. The van der Waals surface area contributed by atoms with Crippen LogP contribution in [0.15, 0.2) is 71.3 Å². The molecule has 1 unspecified atom stereocenters. The van der Waals surface area contributed by atoms with E-state index in [9.17, 15) is 4.79 Å². The lowest BCUT2D eigenvalue weighted by Crippen LogP contribution is -2.38. The quantitative estimate of drug-likeness (QED) is 0.616. The van der Waals surface area contributed by atoms with Crippen molar-refractivity contribution in [3.63, 3.8) is 0 Å². The third-order valence-corrected chi connectivity index (χ3v) is 4.96. The van der Waals surface area contributed by atoms with Gasteiger partial charge in [0.2, 0.25) is 5.91 Å². The zero-order valence-electron chi connectivity index (χ0n) is 16.8. The third kappa shape index (κ3) is 5.33. The average molecular weight is 377 g/mol. The van der Waals surface area contributed by atoms with Crippen LogP contribution in [0.2, 0.25) is 0 Å². The number of nitrogens with one attached hydrogen (secondary N) is 1. The topological polar surface area (TPSA) is 45.5 Å². The Morgan fingerprint density at radius 3 is 2.54 bits per heavy atom. The average Bonchev–Trinajstić information content (AvgIpc) is 3.21. The van der Waals surface area contributed by atoms with Crippen LogP contribution in [-0.4, -0.2) is 17.4 Å². The van der Waals surface area contributed by atoms with Gasteiger partial charge in [0.05, 0.1) is 19.4 Å². The van der Waals surface area contributed by atoms with Crippen molar-refractivity contribution in [2.24, 2.45) is 0 Å². The zero-order chi connectivity index (χ0) is 19.9. The normalized spacial score (nSPS) is 12.0. The van der Waals surface area contributed by atoms with Gasteiger partial charge >= 0.3 is 0 Å². The summed E-state index contributed by atoms with van der Waals surface area (Å²) in [7, 11) is 0. The van der Waals surface area contributed by atoms with Crippen molar-refractivity contribution >= 4 is 5.91 Å². The summed E-state index contributed by atoms with van der Waals surface area (Å²) in [6.07, 6.45) is 1.64. The number of hydrogen-bond donors (Lipinski definition) is 1. The first-order chi connectivity index (χ1) is 13.5. The van der Waals surface area contributed by atoms with E-state index in [2.05, 4.69) is 44.3 Å². The van der Waals surface area contributed by atoms with E-state index in [0.29, 0.717) is 13.1 Å². The molecular formula is C24H28N2O2. The summed E-state index contributed by atoms with van der Waals surface area (Å²) in [5.74, 6) is 0.837. The Balaban J connectivity index is 1.67. The van der Waals surface area contributed by atoms with E-state index in [1.54, 1.807) is 6.26 Å². The van der Waals surface area contributed by atoms with Crippen LogP contribution in [0.4, 0.5) is 0 Å². The Morgan fingerprint density at radius 2 is 1.82 bits per heavy atom. The second kappa shape index (κ2) is 9.38. The van der Waals surface area contributed by atoms with Gasteiger partial charge in [0.15, 0.2) is 0 Å². The highest BCUT2D eigenvalue weighted by Gasteiger charge is 2.17. The largest absolute Gasteiger partial charge is 0.467 e. The van der Waals surface area contributed by atoms with Crippen LogP contribution in [0.5, 0.6) is 0 Å². The molecule has 3 rings (SSSR count). The highest BCUT2D eigenvalue weighted by Crippen LogP contribution is 2.19.